The summed E-state index contributed by atoms with van der Waals surface area (Å²) in [6, 6.07) is 0. The monoisotopic (exact) mass is 1120 g/mol. The standard InChI is InChI=1S/C65H114O14/c1-3-5-7-9-11-13-15-17-19-21-23-24-25-26-27-28-29-31-33-35-37-39-41-43-45-47-49-74-51-54(77-57(67)48-46-44-42-40-38-36-34-32-30-22-20-18-16-14-12-10-8-6-4-2)52-75-64-63(73)61(71)59(69)56(79-64)53-76-65-62(72)60(70)58(68)55(50-66)78-65/h6,8,12,14,18,20-21,23,30,32,36,38,54-56,58-66,68-73H,3-5,7,9-11,13,15-17,19,22,24-29,31,33-35,37,39-53H2,1-2H3/b8-6-,14-12-,20-18-,23-21-,32-30-,38-36-. The molecule has 2 aliphatic rings. The van der Waals surface area contributed by atoms with E-state index in [9.17, 15) is 40.5 Å². The third-order valence-electron chi connectivity index (χ3n) is 14.7. The van der Waals surface area contributed by atoms with Gasteiger partial charge in [0.2, 0.25) is 0 Å². The zero-order chi connectivity index (χ0) is 57.2. The van der Waals surface area contributed by atoms with Crippen molar-refractivity contribution in [1.29, 1.82) is 0 Å². The fourth-order valence-electron chi connectivity index (χ4n) is 9.66. The number of rotatable bonds is 51. The van der Waals surface area contributed by atoms with Crippen LogP contribution in [0.3, 0.4) is 0 Å². The lowest BCUT2D eigenvalue weighted by Gasteiger charge is -2.42. The van der Waals surface area contributed by atoms with Crippen LogP contribution < -0.4 is 0 Å². The van der Waals surface area contributed by atoms with Crippen LogP contribution in [0, 0.1) is 0 Å². The fraction of sp³-hybridized carbons (Fsp3) is 0.800. The van der Waals surface area contributed by atoms with Gasteiger partial charge < -0.3 is 64.2 Å². The number of allylic oxidation sites excluding steroid dienone is 12. The van der Waals surface area contributed by atoms with Crippen molar-refractivity contribution in [2.45, 2.75) is 300 Å². The van der Waals surface area contributed by atoms with Crippen LogP contribution in [0.15, 0.2) is 72.9 Å². The van der Waals surface area contributed by atoms with Gasteiger partial charge in [-0.3, -0.25) is 4.79 Å². The van der Waals surface area contributed by atoms with E-state index in [1.807, 2.05) is 0 Å². The summed E-state index contributed by atoms with van der Waals surface area (Å²) in [4.78, 5) is 13.1. The minimum Gasteiger partial charge on any atom is -0.457 e. The van der Waals surface area contributed by atoms with Crippen molar-refractivity contribution >= 4 is 5.97 Å². The number of aliphatic hydroxyl groups excluding tert-OH is 7. The lowest BCUT2D eigenvalue weighted by atomic mass is 9.98. The first kappa shape index (κ1) is 72.5. The summed E-state index contributed by atoms with van der Waals surface area (Å²) in [6.45, 7) is 3.55. The molecule has 2 fully saturated rings. The molecule has 0 spiro atoms. The topological polar surface area (TPSA) is 214 Å². The number of ether oxygens (including phenoxy) is 6. The Kier molecular flexibility index (Phi) is 46.9. The average molecular weight is 1120 g/mol. The molecule has 2 aliphatic heterocycles. The molecule has 0 aromatic rings. The molecular weight excluding hydrogens is 1000 g/mol. The molecule has 0 aliphatic carbocycles. The normalized spacial score (nSPS) is 24.5. The van der Waals surface area contributed by atoms with Crippen LogP contribution in [-0.4, -0.2) is 142 Å². The Morgan fingerprint density at radius 1 is 0.430 bits per heavy atom. The van der Waals surface area contributed by atoms with E-state index in [0.717, 1.165) is 70.6 Å². The van der Waals surface area contributed by atoms with E-state index in [1.165, 1.54) is 135 Å². The molecule has 0 aromatic heterocycles. The zero-order valence-corrected chi connectivity index (χ0v) is 49.3. The molecule has 14 nitrogen and oxygen atoms in total. The summed E-state index contributed by atoms with van der Waals surface area (Å²) < 4.78 is 34.4. The summed E-state index contributed by atoms with van der Waals surface area (Å²) >= 11 is 0. The van der Waals surface area contributed by atoms with E-state index in [-0.39, 0.29) is 19.6 Å². The first-order chi connectivity index (χ1) is 38.6. The van der Waals surface area contributed by atoms with Crippen LogP contribution in [0.4, 0.5) is 0 Å². The quantitative estimate of drug-likeness (QED) is 0.0172. The van der Waals surface area contributed by atoms with E-state index in [4.69, 9.17) is 28.4 Å². The van der Waals surface area contributed by atoms with Gasteiger partial charge in [0.25, 0.3) is 0 Å². The Labute approximate surface area is 478 Å². The summed E-state index contributed by atoms with van der Waals surface area (Å²) in [5, 5.41) is 72.4. The zero-order valence-electron chi connectivity index (χ0n) is 49.3. The molecule has 0 radical (unpaired) electrons. The predicted octanol–water partition coefficient (Wildman–Crippen LogP) is 12.2. The van der Waals surface area contributed by atoms with Crippen LogP contribution in [0.5, 0.6) is 0 Å². The summed E-state index contributed by atoms with van der Waals surface area (Å²) in [7, 11) is 0. The third kappa shape index (κ3) is 37.3. The maximum Gasteiger partial charge on any atom is 0.306 e. The van der Waals surface area contributed by atoms with E-state index in [1.54, 1.807) is 0 Å². The van der Waals surface area contributed by atoms with Crippen molar-refractivity contribution in [2.24, 2.45) is 0 Å². The molecule has 11 atom stereocenters. The minimum atomic E-state index is -1.72. The van der Waals surface area contributed by atoms with Crippen molar-refractivity contribution in [3.8, 4) is 0 Å². The number of hydrogen-bond donors (Lipinski definition) is 7. The Morgan fingerprint density at radius 3 is 1.30 bits per heavy atom. The number of carbonyl (C=O) groups is 1. The predicted molar refractivity (Wildman–Crippen MR) is 316 cm³/mol. The number of unbranched alkanes of at least 4 members (excludes halogenated alkanes) is 25. The van der Waals surface area contributed by atoms with Crippen LogP contribution in [-0.2, 0) is 33.2 Å². The maximum absolute atomic E-state index is 13.1. The second-order valence-electron chi connectivity index (χ2n) is 21.8. The molecule has 458 valence electrons. The van der Waals surface area contributed by atoms with Crippen LogP contribution in [0.25, 0.3) is 0 Å². The van der Waals surface area contributed by atoms with Crippen LogP contribution in [0.1, 0.15) is 232 Å². The summed E-state index contributed by atoms with van der Waals surface area (Å²) in [6.07, 6.45) is 49.7. The van der Waals surface area contributed by atoms with Gasteiger partial charge in [-0.15, -0.1) is 0 Å². The molecule has 0 bridgehead atoms. The van der Waals surface area contributed by atoms with Crippen LogP contribution in [0.2, 0.25) is 0 Å². The Balaban J connectivity index is 1.68. The average Bonchev–Trinajstić information content (AvgIpc) is 3.46. The molecule has 7 N–H and O–H groups in total. The van der Waals surface area contributed by atoms with Crippen molar-refractivity contribution in [3.63, 3.8) is 0 Å². The highest BCUT2D eigenvalue weighted by molar-refractivity contribution is 5.69. The molecule has 2 heterocycles. The molecule has 2 saturated heterocycles. The van der Waals surface area contributed by atoms with Crippen molar-refractivity contribution in [3.05, 3.63) is 72.9 Å². The van der Waals surface area contributed by atoms with E-state index in [0.29, 0.717) is 13.0 Å². The van der Waals surface area contributed by atoms with E-state index < -0.39 is 86.7 Å². The summed E-state index contributed by atoms with van der Waals surface area (Å²) in [5.74, 6) is -0.406. The SMILES string of the molecule is CC/C=C\C/C=C\C/C=C\C/C=C\C/C=C\CCCCCC(=O)OC(COCCCCCCCCCCCCCCCC/C=C\CCCCCCCCCC)COC1OC(COC2OC(CO)C(O)C(O)C2O)C(O)C(O)C1O. The number of esters is 1. The molecule has 11 unspecified atom stereocenters. The molecule has 0 aromatic carbocycles. The van der Waals surface area contributed by atoms with Gasteiger partial charge in [0.15, 0.2) is 12.6 Å². The third-order valence-corrected chi connectivity index (χ3v) is 14.7. The Hall–Kier alpha value is -2.57. The van der Waals surface area contributed by atoms with Crippen molar-refractivity contribution in [2.75, 3.05) is 33.0 Å². The highest BCUT2D eigenvalue weighted by Gasteiger charge is 2.47. The maximum atomic E-state index is 13.1. The molecular formula is C65H114O14. The lowest BCUT2D eigenvalue weighted by Crippen LogP contribution is -2.61. The van der Waals surface area contributed by atoms with Gasteiger partial charge in [-0.2, -0.15) is 0 Å². The van der Waals surface area contributed by atoms with E-state index in [2.05, 4.69) is 86.8 Å². The lowest BCUT2D eigenvalue weighted by molar-refractivity contribution is -0.332. The number of aliphatic hydroxyl groups is 7. The van der Waals surface area contributed by atoms with Gasteiger partial charge in [0.05, 0.1) is 26.4 Å². The van der Waals surface area contributed by atoms with E-state index >= 15 is 0 Å². The highest BCUT2D eigenvalue weighted by Crippen LogP contribution is 2.27. The molecule has 2 rings (SSSR count). The van der Waals surface area contributed by atoms with Gasteiger partial charge in [0.1, 0.15) is 54.9 Å². The second-order valence-corrected chi connectivity index (χ2v) is 21.8. The van der Waals surface area contributed by atoms with Gasteiger partial charge in [-0.1, -0.05) is 215 Å². The smallest absolute Gasteiger partial charge is 0.306 e. The molecule has 0 amide bonds. The van der Waals surface area contributed by atoms with Gasteiger partial charge >= 0.3 is 5.97 Å². The first-order valence-electron chi connectivity index (χ1n) is 31.5. The Morgan fingerprint density at radius 2 is 0.823 bits per heavy atom. The molecule has 79 heavy (non-hydrogen) atoms. The van der Waals surface area contributed by atoms with Gasteiger partial charge in [0, 0.05) is 13.0 Å². The van der Waals surface area contributed by atoms with Crippen molar-refractivity contribution < 1.29 is 69.0 Å². The Bertz CT molecular complexity index is 1580. The second kappa shape index (κ2) is 51.1. The minimum absolute atomic E-state index is 0.0459. The number of carbonyl (C=O) groups excluding carboxylic acids is 1. The van der Waals surface area contributed by atoms with Gasteiger partial charge in [-0.25, -0.2) is 0 Å². The van der Waals surface area contributed by atoms with Crippen molar-refractivity contribution in [1.82, 2.24) is 0 Å². The highest BCUT2D eigenvalue weighted by atomic mass is 16.7. The van der Waals surface area contributed by atoms with Crippen LogP contribution >= 0.6 is 0 Å². The fourth-order valence-corrected chi connectivity index (χ4v) is 9.66. The molecule has 0 saturated carbocycles. The van der Waals surface area contributed by atoms with Gasteiger partial charge in [-0.05, 0) is 83.5 Å². The summed E-state index contributed by atoms with van der Waals surface area (Å²) in [5.41, 5.74) is 0. The largest absolute Gasteiger partial charge is 0.457 e. The number of hydrogen-bond acceptors (Lipinski definition) is 14. The molecule has 14 heteroatoms. The first-order valence-corrected chi connectivity index (χ1v) is 31.5.